The minimum atomic E-state index is -0.689. The fourth-order valence-electron chi connectivity index (χ4n) is 2.37. The standard InChI is InChI=1S/C19H15FN2O5/c1-11(23)27-22-19-13(18(24)21-15-8-4-3-7-14(15)20)10-12-6-5-9-16(25-2)17(12)26-19/h3-10H,1-2H3,(H,21,24)/b22-19-. The van der Waals surface area contributed by atoms with Gasteiger partial charge in [-0.3, -0.25) is 4.79 Å². The predicted octanol–water partition coefficient (Wildman–Crippen LogP) is 3.21. The second kappa shape index (κ2) is 7.69. The van der Waals surface area contributed by atoms with E-state index >= 15 is 0 Å². The van der Waals surface area contributed by atoms with Crippen molar-refractivity contribution in [3.63, 3.8) is 0 Å². The summed E-state index contributed by atoms with van der Waals surface area (Å²) < 4.78 is 24.7. The lowest BCUT2D eigenvalue weighted by molar-refractivity contribution is -0.141. The van der Waals surface area contributed by atoms with Gasteiger partial charge < -0.3 is 19.3 Å². The molecule has 0 aliphatic heterocycles. The summed E-state index contributed by atoms with van der Waals surface area (Å²) in [4.78, 5) is 28.4. The van der Waals surface area contributed by atoms with E-state index in [1.54, 1.807) is 24.3 Å². The Morgan fingerprint density at radius 3 is 2.63 bits per heavy atom. The molecule has 27 heavy (non-hydrogen) atoms. The molecule has 0 saturated carbocycles. The van der Waals surface area contributed by atoms with Crippen LogP contribution in [0.15, 0.2) is 58.1 Å². The number of carbonyl (C=O) groups excluding carboxylic acids is 2. The van der Waals surface area contributed by atoms with E-state index in [9.17, 15) is 14.0 Å². The SMILES string of the molecule is COc1cccc2cc(C(=O)Nc3ccccc3F)/c(=N/OC(C)=O)oc12. The Bertz CT molecular complexity index is 1090. The van der Waals surface area contributed by atoms with E-state index < -0.39 is 17.7 Å². The van der Waals surface area contributed by atoms with Crippen LogP contribution in [0.2, 0.25) is 0 Å². The number of para-hydroxylation sites is 2. The van der Waals surface area contributed by atoms with Crippen molar-refractivity contribution in [2.45, 2.75) is 6.92 Å². The Labute approximate surface area is 153 Å². The van der Waals surface area contributed by atoms with Crippen molar-refractivity contribution in [3.8, 4) is 5.75 Å². The summed E-state index contributed by atoms with van der Waals surface area (Å²) >= 11 is 0. The maximum atomic E-state index is 13.8. The first-order valence-electron chi connectivity index (χ1n) is 7.88. The van der Waals surface area contributed by atoms with Crippen LogP contribution in [0.1, 0.15) is 17.3 Å². The predicted molar refractivity (Wildman–Crippen MR) is 94.4 cm³/mol. The zero-order chi connectivity index (χ0) is 19.4. The van der Waals surface area contributed by atoms with Crippen LogP contribution in [0.4, 0.5) is 10.1 Å². The molecule has 0 atom stereocenters. The summed E-state index contributed by atoms with van der Waals surface area (Å²) in [5.41, 5.74) is 0.0105. The van der Waals surface area contributed by atoms with Gasteiger partial charge in [0.1, 0.15) is 11.4 Å². The van der Waals surface area contributed by atoms with Crippen molar-refractivity contribution in [1.29, 1.82) is 0 Å². The molecular weight excluding hydrogens is 355 g/mol. The highest BCUT2D eigenvalue weighted by molar-refractivity contribution is 6.05. The molecule has 0 aliphatic rings. The molecule has 0 radical (unpaired) electrons. The number of ether oxygens (including phenoxy) is 1. The number of hydrogen-bond donors (Lipinski definition) is 1. The number of nitrogens with zero attached hydrogens (tertiary/aromatic N) is 1. The van der Waals surface area contributed by atoms with Gasteiger partial charge in [0.2, 0.25) is 0 Å². The average molecular weight is 370 g/mol. The first-order chi connectivity index (χ1) is 13.0. The summed E-state index contributed by atoms with van der Waals surface area (Å²) in [6.07, 6.45) is 0. The molecule has 3 aromatic rings. The number of halogens is 1. The third kappa shape index (κ3) is 3.95. The van der Waals surface area contributed by atoms with Gasteiger partial charge in [0.15, 0.2) is 11.3 Å². The fraction of sp³-hybridized carbons (Fsp3) is 0.105. The zero-order valence-electron chi connectivity index (χ0n) is 14.5. The number of fused-ring (bicyclic) bond motifs is 1. The smallest absolute Gasteiger partial charge is 0.332 e. The number of benzene rings is 2. The Balaban J connectivity index is 2.13. The van der Waals surface area contributed by atoms with Crippen molar-refractivity contribution in [2.24, 2.45) is 5.16 Å². The van der Waals surface area contributed by atoms with Gasteiger partial charge in [-0.15, -0.1) is 0 Å². The maximum absolute atomic E-state index is 13.8. The number of hydrogen-bond acceptors (Lipinski definition) is 6. The molecule has 3 rings (SSSR count). The molecule has 138 valence electrons. The Morgan fingerprint density at radius 1 is 1.15 bits per heavy atom. The summed E-state index contributed by atoms with van der Waals surface area (Å²) in [6, 6.07) is 12.3. The number of amides is 1. The van der Waals surface area contributed by atoms with Crippen LogP contribution in [0.3, 0.4) is 0 Å². The molecule has 1 N–H and O–H groups in total. The van der Waals surface area contributed by atoms with Gasteiger partial charge in [0.25, 0.3) is 11.5 Å². The molecule has 8 heteroatoms. The van der Waals surface area contributed by atoms with Gasteiger partial charge in [0.05, 0.1) is 12.8 Å². The van der Waals surface area contributed by atoms with E-state index in [0.717, 1.165) is 6.92 Å². The van der Waals surface area contributed by atoms with Gasteiger partial charge in [0, 0.05) is 12.3 Å². The zero-order valence-corrected chi connectivity index (χ0v) is 14.5. The highest BCUT2D eigenvalue weighted by atomic mass is 19.1. The Hall–Kier alpha value is -3.68. The van der Waals surface area contributed by atoms with Crippen LogP contribution in [0.5, 0.6) is 5.75 Å². The number of anilines is 1. The average Bonchev–Trinajstić information content (AvgIpc) is 2.66. The maximum Gasteiger partial charge on any atom is 0.332 e. The first-order valence-corrected chi connectivity index (χ1v) is 7.88. The van der Waals surface area contributed by atoms with Crippen LogP contribution in [-0.4, -0.2) is 19.0 Å². The third-order valence-electron chi connectivity index (χ3n) is 3.58. The molecule has 1 amide bonds. The second-order valence-corrected chi connectivity index (χ2v) is 5.45. The molecule has 0 spiro atoms. The first kappa shape index (κ1) is 18.1. The summed E-state index contributed by atoms with van der Waals surface area (Å²) in [6.45, 7) is 1.16. The van der Waals surface area contributed by atoms with E-state index in [0.29, 0.717) is 16.7 Å². The van der Waals surface area contributed by atoms with Crippen LogP contribution in [0.25, 0.3) is 11.0 Å². The second-order valence-electron chi connectivity index (χ2n) is 5.45. The van der Waals surface area contributed by atoms with Crippen molar-refractivity contribution >= 4 is 28.5 Å². The van der Waals surface area contributed by atoms with Crippen molar-refractivity contribution < 1.29 is 28.0 Å². The van der Waals surface area contributed by atoms with E-state index in [-0.39, 0.29) is 16.8 Å². The molecule has 0 saturated heterocycles. The van der Waals surface area contributed by atoms with E-state index in [4.69, 9.17) is 9.15 Å². The van der Waals surface area contributed by atoms with Gasteiger partial charge in [-0.2, -0.15) is 0 Å². The topological polar surface area (TPSA) is 90.1 Å². The van der Waals surface area contributed by atoms with E-state index in [2.05, 4.69) is 15.3 Å². The van der Waals surface area contributed by atoms with Gasteiger partial charge in [-0.05, 0) is 29.4 Å². The van der Waals surface area contributed by atoms with Crippen LogP contribution < -0.4 is 15.6 Å². The van der Waals surface area contributed by atoms with E-state index in [1.165, 1.54) is 31.4 Å². The molecule has 1 heterocycles. The largest absolute Gasteiger partial charge is 0.493 e. The number of methoxy groups -OCH3 is 1. The van der Waals surface area contributed by atoms with Crippen LogP contribution >= 0.6 is 0 Å². The third-order valence-corrected chi connectivity index (χ3v) is 3.58. The highest BCUT2D eigenvalue weighted by Gasteiger charge is 2.16. The van der Waals surface area contributed by atoms with Crippen LogP contribution in [0, 0.1) is 5.82 Å². The lowest BCUT2D eigenvalue weighted by Crippen LogP contribution is -2.22. The molecular formula is C19H15FN2O5. The van der Waals surface area contributed by atoms with Gasteiger partial charge in [-0.1, -0.05) is 24.3 Å². The number of carbonyl (C=O) groups is 2. The quantitative estimate of drug-likeness (QED) is 0.563. The van der Waals surface area contributed by atoms with Crippen molar-refractivity contribution in [1.82, 2.24) is 0 Å². The van der Waals surface area contributed by atoms with Crippen LogP contribution in [-0.2, 0) is 9.63 Å². The van der Waals surface area contributed by atoms with E-state index in [1.807, 2.05) is 0 Å². The number of nitrogens with one attached hydrogen (secondary N) is 1. The normalized spacial score (nSPS) is 11.3. The number of rotatable bonds is 4. The Kier molecular flexibility index (Phi) is 5.16. The molecule has 1 aromatic heterocycles. The lowest BCUT2D eigenvalue weighted by atomic mass is 10.1. The molecule has 2 aromatic carbocycles. The van der Waals surface area contributed by atoms with Crippen molar-refractivity contribution in [3.05, 3.63) is 65.5 Å². The monoisotopic (exact) mass is 370 g/mol. The van der Waals surface area contributed by atoms with Gasteiger partial charge >= 0.3 is 5.97 Å². The summed E-state index contributed by atoms with van der Waals surface area (Å²) in [7, 11) is 1.46. The molecule has 0 unspecified atom stereocenters. The fourth-order valence-corrected chi connectivity index (χ4v) is 2.37. The highest BCUT2D eigenvalue weighted by Crippen LogP contribution is 2.25. The molecule has 0 aliphatic carbocycles. The minimum absolute atomic E-state index is 0.00771. The Morgan fingerprint density at radius 2 is 1.93 bits per heavy atom. The molecule has 0 fully saturated rings. The van der Waals surface area contributed by atoms with Crippen molar-refractivity contribution in [2.75, 3.05) is 12.4 Å². The lowest BCUT2D eigenvalue weighted by Gasteiger charge is -2.09. The molecule has 0 bridgehead atoms. The summed E-state index contributed by atoms with van der Waals surface area (Å²) in [5, 5.41) is 6.58. The molecule has 7 nitrogen and oxygen atoms in total. The van der Waals surface area contributed by atoms with Gasteiger partial charge in [-0.25, -0.2) is 9.18 Å². The summed E-state index contributed by atoms with van der Waals surface area (Å²) in [5.74, 6) is -1.55. The minimum Gasteiger partial charge on any atom is -0.493 e.